The van der Waals surface area contributed by atoms with E-state index in [1.54, 1.807) is 0 Å². The Morgan fingerprint density at radius 3 is 3.18 bits per heavy atom. The summed E-state index contributed by atoms with van der Waals surface area (Å²) in [6.45, 7) is 1.99. The molecule has 0 saturated carbocycles. The molecule has 0 saturated heterocycles. The summed E-state index contributed by atoms with van der Waals surface area (Å²) in [6.07, 6.45) is 3.49. The van der Waals surface area contributed by atoms with Crippen molar-refractivity contribution in [2.24, 2.45) is 0 Å². The maximum absolute atomic E-state index is 5.13. The van der Waals surface area contributed by atoms with Crippen molar-refractivity contribution in [2.45, 2.75) is 6.92 Å². The Morgan fingerprint density at radius 1 is 1.45 bits per heavy atom. The second-order valence-electron chi connectivity index (χ2n) is 2.34. The highest BCUT2D eigenvalue weighted by Gasteiger charge is 2.01. The molecule has 0 N–H and O–H groups in total. The van der Waals surface area contributed by atoms with E-state index in [4.69, 9.17) is 4.42 Å². The summed E-state index contributed by atoms with van der Waals surface area (Å²) in [6, 6.07) is 5.89. The summed E-state index contributed by atoms with van der Waals surface area (Å²) < 4.78 is 5.13. The molecule has 2 heteroatoms. The topological polar surface area (TPSA) is 26.0 Å². The van der Waals surface area contributed by atoms with Crippen LogP contribution in [0.15, 0.2) is 29.0 Å². The number of hydrogen-bond donors (Lipinski definition) is 0. The van der Waals surface area contributed by atoms with E-state index in [0.717, 1.165) is 16.7 Å². The molecule has 0 atom stereocenters. The molecular weight excluding hydrogens is 138 g/mol. The smallest absolute Gasteiger partial charge is 0.181 e. The molecule has 55 valence electrons. The number of rotatable bonds is 1. The minimum absolute atomic E-state index is 0.848. The monoisotopic (exact) mass is 146 g/mol. The third-order valence-electron chi connectivity index (χ3n) is 1.70. The van der Waals surface area contributed by atoms with Crippen molar-refractivity contribution in [2.75, 3.05) is 0 Å². The van der Waals surface area contributed by atoms with Crippen molar-refractivity contribution in [1.29, 1.82) is 0 Å². The van der Waals surface area contributed by atoms with Crippen molar-refractivity contribution in [3.8, 4) is 0 Å². The Labute approximate surface area is 64.9 Å². The molecule has 0 aliphatic heterocycles. The first-order valence-electron chi connectivity index (χ1n) is 3.53. The second kappa shape index (κ2) is 2.38. The van der Waals surface area contributed by atoms with Gasteiger partial charge in [-0.15, -0.1) is 0 Å². The van der Waals surface area contributed by atoms with Crippen LogP contribution in [-0.2, 0) is 0 Å². The maximum Gasteiger partial charge on any atom is 0.181 e. The quantitative estimate of drug-likeness (QED) is 0.617. The van der Waals surface area contributed by atoms with Gasteiger partial charge in [-0.05, 0) is 18.1 Å². The van der Waals surface area contributed by atoms with Gasteiger partial charge in [-0.25, -0.2) is 4.98 Å². The number of hydrogen-bond acceptors (Lipinski definition) is 2. The van der Waals surface area contributed by atoms with Crippen LogP contribution >= 0.6 is 0 Å². The normalized spacial score (nSPS) is 10.6. The van der Waals surface area contributed by atoms with Gasteiger partial charge < -0.3 is 4.42 Å². The average Bonchev–Trinajstić information content (AvgIpc) is 2.50. The molecule has 0 spiro atoms. The molecular formula is C9H8NO. The van der Waals surface area contributed by atoms with Crippen LogP contribution in [0.1, 0.15) is 12.5 Å². The zero-order valence-electron chi connectivity index (χ0n) is 6.24. The fraction of sp³-hybridized carbons (Fsp3) is 0.111. The number of oxazole rings is 1. The fourth-order valence-electron chi connectivity index (χ4n) is 1.14. The number of aromatic nitrogens is 1. The first kappa shape index (κ1) is 6.40. The largest absolute Gasteiger partial charge is 0.443 e. The van der Waals surface area contributed by atoms with Crippen molar-refractivity contribution in [1.82, 2.24) is 4.98 Å². The third kappa shape index (κ3) is 0.909. The van der Waals surface area contributed by atoms with Crippen LogP contribution in [-0.4, -0.2) is 4.98 Å². The van der Waals surface area contributed by atoms with Crippen molar-refractivity contribution < 1.29 is 4.42 Å². The van der Waals surface area contributed by atoms with Crippen LogP contribution in [0.4, 0.5) is 0 Å². The SMILES string of the molecule is C[CH]c1cccc2ocnc12. The van der Waals surface area contributed by atoms with Gasteiger partial charge in [0.2, 0.25) is 0 Å². The van der Waals surface area contributed by atoms with Gasteiger partial charge in [0.05, 0.1) is 0 Å². The predicted octanol–water partition coefficient (Wildman–Crippen LogP) is 2.40. The zero-order chi connectivity index (χ0) is 7.68. The molecule has 0 amide bonds. The fourth-order valence-corrected chi connectivity index (χ4v) is 1.14. The summed E-state index contributed by atoms with van der Waals surface area (Å²) in [7, 11) is 0. The van der Waals surface area contributed by atoms with E-state index in [1.165, 1.54) is 6.39 Å². The van der Waals surface area contributed by atoms with Gasteiger partial charge in [0.25, 0.3) is 0 Å². The highest BCUT2D eigenvalue weighted by Crippen LogP contribution is 2.17. The van der Waals surface area contributed by atoms with Crippen LogP contribution in [0.25, 0.3) is 11.1 Å². The lowest BCUT2D eigenvalue weighted by Gasteiger charge is -1.93. The van der Waals surface area contributed by atoms with Crippen molar-refractivity contribution >= 4 is 11.1 Å². The Hall–Kier alpha value is -1.31. The summed E-state index contributed by atoms with van der Waals surface area (Å²) in [4.78, 5) is 4.09. The van der Waals surface area contributed by atoms with Gasteiger partial charge in [0, 0.05) is 0 Å². The third-order valence-corrected chi connectivity index (χ3v) is 1.70. The summed E-state index contributed by atoms with van der Waals surface area (Å²) >= 11 is 0. The first-order valence-corrected chi connectivity index (χ1v) is 3.53. The maximum atomic E-state index is 5.13. The van der Waals surface area contributed by atoms with Crippen LogP contribution < -0.4 is 0 Å². The van der Waals surface area contributed by atoms with E-state index in [0.29, 0.717) is 0 Å². The van der Waals surface area contributed by atoms with Crippen molar-refractivity contribution in [3.63, 3.8) is 0 Å². The van der Waals surface area contributed by atoms with Gasteiger partial charge in [0.1, 0.15) is 5.52 Å². The Morgan fingerprint density at radius 2 is 2.36 bits per heavy atom. The standard InChI is InChI=1S/C9H8NO/c1-2-7-4-3-5-8-9(7)10-6-11-8/h2-6H,1H3. The molecule has 0 fully saturated rings. The molecule has 2 nitrogen and oxygen atoms in total. The number of nitrogens with zero attached hydrogens (tertiary/aromatic N) is 1. The predicted molar refractivity (Wildman–Crippen MR) is 43.1 cm³/mol. The number of para-hydroxylation sites is 1. The lowest BCUT2D eigenvalue weighted by Crippen LogP contribution is -1.78. The van der Waals surface area contributed by atoms with Gasteiger partial charge in [0.15, 0.2) is 12.0 Å². The minimum Gasteiger partial charge on any atom is -0.443 e. The van der Waals surface area contributed by atoms with Crippen LogP contribution in [0.3, 0.4) is 0 Å². The molecule has 0 unspecified atom stereocenters. The first-order chi connectivity index (χ1) is 5.42. The number of benzene rings is 1. The molecule has 1 aromatic heterocycles. The minimum atomic E-state index is 0.848. The highest BCUT2D eigenvalue weighted by molar-refractivity contribution is 5.77. The van der Waals surface area contributed by atoms with Crippen LogP contribution in [0.5, 0.6) is 0 Å². The van der Waals surface area contributed by atoms with E-state index in [-0.39, 0.29) is 0 Å². The van der Waals surface area contributed by atoms with Crippen LogP contribution in [0, 0.1) is 6.42 Å². The van der Waals surface area contributed by atoms with Gasteiger partial charge in [-0.1, -0.05) is 19.1 Å². The summed E-state index contributed by atoms with van der Waals surface area (Å²) in [5, 5.41) is 0. The van der Waals surface area contributed by atoms with E-state index in [1.807, 2.05) is 31.5 Å². The molecule has 2 rings (SSSR count). The number of fused-ring (bicyclic) bond motifs is 1. The molecule has 1 heterocycles. The Balaban J connectivity index is 2.79. The van der Waals surface area contributed by atoms with Crippen LogP contribution in [0.2, 0.25) is 0 Å². The van der Waals surface area contributed by atoms with E-state index >= 15 is 0 Å². The molecule has 1 aromatic carbocycles. The Kier molecular flexibility index (Phi) is 1.39. The van der Waals surface area contributed by atoms with E-state index < -0.39 is 0 Å². The highest BCUT2D eigenvalue weighted by atomic mass is 16.3. The molecule has 0 bridgehead atoms. The molecule has 0 aliphatic rings. The molecule has 11 heavy (non-hydrogen) atoms. The average molecular weight is 146 g/mol. The van der Waals surface area contributed by atoms with Gasteiger partial charge in [-0.2, -0.15) is 0 Å². The summed E-state index contributed by atoms with van der Waals surface area (Å²) in [5.41, 5.74) is 2.91. The second-order valence-corrected chi connectivity index (χ2v) is 2.34. The molecule has 2 aromatic rings. The summed E-state index contributed by atoms with van der Waals surface area (Å²) in [5.74, 6) is 0. The van der Waals surface area contributed by atoms with Crippen molar-refractivity contribution in [3.05, 3.63) is 36.6 Å². The lowest BCUT2D eigenvalue weighted by atomic mass is 10.1. The molecule has 0 aliphatic carbocycles. The van der Waals surface area contributed by atoms with Gasteiger partial charge in [-0.3, -0.25) is 0 Å². The Bertz CT molecular complexity index is 364. The van der Waals surface area contributed by atoms with Gasteiger partial charge >= 0.3 is 0 Å². The zero-order valence-corrected chi connectivity index (χ0v) is 6.24. The van der Waals surface area contributed by atoms with E-state index in [9.17, 15) is 0 Å². The lowest BCUT2D eigenvalue weighted by molar-refractivity contribution is 0.602. The van der Waals surface area contributed by atoms with E-state index in [2.05, 4.69) is 4.98 Å². The molecule has 1 radical (unpaired) electrons.